The van der Waals surface area contributed by atoms with Crippen LogP contribution >= 0.6 is 0 Å². The summed E-state index contributed by atoms with van der Waals surface area (Å²) in [5.74, 6) is 0.835. The molecule has 4 heteroatoms. The van der Waals surface area contributed by atoms with Gasteiger partial charge < -0.3 is 9.29 Å². The van der Waals surface area contributed by atoms with Crippen molar-refractivity contribution >= 4 is 11.1 Å². The van der Waals surface area contributed by atoms with Gasteiger partial charge in [0.05, 0.1) is 4.90 Å². The van der Waals surface area contributed by atoms with Gasteiger partial charge in [-0.2, -0.15) is 0 Å². The highest BCUT2D eigenvalue weighted by Crippen LogP contribution is 2.29. The molecule has 2 atom stereocenters. The summed E-state index contributed by atoms with van der Waals surface area (Å²) in [6, 6.07) is 5.10. The Bertz CT molecular complexity index is 362. The molecule has 0 saturated carbocycles. The van der Waals surface area contributed by atoms with Crippen molar-refractivity contribution in [3.05, 3.63) is 23.8 Å². The second-order valence-electron chi connectivity index (χ2n) is 3.15. The smallest absolute Gasteiger partial charge is 0.186 e. The lowest BCUT2D eigenvalue weighted by atomic mass is 10.1. The van der Waals surface area contributed by atoms with Crippen LogP contribution in [0.25, 0.3) is 0 Å². The van der Waals surface area contributed by atoms with E-state index in [0.29, 0.717) is 4.90 Å². The van der Waals surface area contributed by atoms with Gasteiger partial charge in [-0.05, 0) is 30.7 Å². The van der Waals surface area contributed by atoms with Crippen LogP contribution in [-0.4, -0.2) is 14.9 Å². The molecule has 0 aromatic heterocycles. The molecule has 0 saturated heterocycles. The molecule has 2 rings (SSSR count). The average Bonchev–Trinajstić information content (AvgIpc) is 2.42. The Labute approximate surface area is 79.0 Å². The van der Waals surface area contributed by atoms with Crippen molar-refractivity contribution in [1.29, 1.82) is 0 Å². The molecule has 1 aromatic rings. The summed E-state index contributed by atoms with van der Waals surface area (Å²) in [6.07, 6.45) is 0.998. The van der Waals surface area contributed by atoms with Crippen molar-refractivity contribution in [3.63, 3.8) is 0 Å². The van der Waals surface area contributed by atoms with Crippen molar-refractivity contribution in [2.75, 3.05) is 0 Å². The van der Waals surface area contributed by atoms with Crippen molar-refractivity contribution in [3.8, 4) is 5.75 Å². The van der Waals surface area contributed by atoms with Crippen LogP contribution in [0.15, 0.2) is 23.1 Å². The van der Waals surface area contributed by atoms with E-state index in [9.17, 15) is 4.21 Å². The fraction of sp³-hybridized carbons (Fsp3) is 0.333. The Morgan fingerprint density at radius 3 is 3.08 bits per heavy atom. The molecular weight excluding hydrogens is 188 g/mol. The molecule has 1 N–H and O–H groups in total. The predicted molar refractivity (Wildman–Crippen MR) is 49.3 cm³/mol. The maximum Gasteiger partial charge on any atom is 0.186 e. The van der Waals surface area contributed by atoms with Crippen LogP contribution in [0.3, 0.4) is 0 Å². The maximum absolute atomic E-state index is 10.8. The molecule has 0 amide bonds. The summed E-state index contributed by atoms with van der Waals surface area (Å²) in [7, 11) is 0. The highest BCUT2D eigenvalue weighted by atomic mass is 32.2. The normalized spacial score (nSPS) is 22.2. The zero-order valence-corrected chi connectivity index (χ0v) is 8.00. The third-order valence-electron chi connectivity index (χ3n) is 2.07. The second kappa shape index (κ2) is 3.12. The van der Waals surface area contributed by atoms with Gasteiger partial charge in [-0.15, -0.1) is 0 Å². The quantitative estimate of drug-likeness (QED) is 0.697. The molecule has 1 aromatic carbocycles. The first-order valence-corrected chi connectivity index (χ1v) is 5.18. The summed E-state index contributed by atoms with van der Waals surface area (Å²) in [4.78, 5) is 0.441. The summed E-state index contributed by atoms with van der Waals surface area (Å²) >= 11 is -1.89. The van der Waals surface area contributed by atoms with Crippen LogP contribution in [0.2, 0.25) is 0 Å². The van der Waals surface area contributed by atoms with Crippen molar-refractivity contribution in [2.45, 2.75) is 24.3 Å². The zero-order chi connectivity index (χ0) is 9.42. The Balaban J connectivity index is 2.40. The molecule has 0 aliphatic carbocycles. The van der Waals surface area contributed by atoms with Gasteiger partial charge in [-0.25, -0.2) is 4.21 Å². The minimum atomic E-state index is -1.89. The monoisotopic (exact) mass is 198 g/mol. The number of hydrogen-bond acceptors (Lipinski definition) is 2. The summed E-state index contributed by atoms with van der Waals surface area (Å²) in [5, 5.41) is 0. The Morgan fingerprint density at radius 1 is 1.62 bits per heavy atom. The Morgan fingerprint density at radius 2 is 2.38 bits per heavy atom. The van der Waals surface area contributed by atoms with E-state index in [1.165, 1.54) is 0 Å². The lowest BCUT2D eigenvalue weighted by molar-refractivity contribution is 0.254. The molecule has 13 heavy (non-hydrogen) atoms. The minimum absolute atomic E-state index is 0.178. The Hall–Kier alpha value is -0.870. The minimum Gasteiger partial charge on any atom is -0.490 e. The molecule has 0 fully saturated rings. The van der Waals surface area contributed by atoms with Crippen LogP contribution < -0.4 is 4.74 Å². The molecule has 70 valence electrons. The maximum atomic E-state index is 10.8. The standard InChI is InChI=1S/C9H10O3S/c1-6-4-7-5-8(13(10)11)2-3-9(7)12-6/h2-3,5-6H,4H2,1H3,(H,10,11). The lowest BCUT2D eigenvalue weighted by Crippen LogP contribution is -2.05. The first-order valence-electron chi connectivity index (χ1n) is 4.07. The van der Waals surface area contributed by atoms with Gasteiger partial charge in [-0.3, -0.25) is 0 Å². The topological polar surface area (TPSA) is 46.5 Å². The van der Waals surface area contributed by atoms with Gasteiger partial charge in [0.15, 0.2) is 11.1 Å². The van der Waals surface area contributed by atoms with Gasteiger partial charge in [0.25, 0.3) is 0 Å². The zero-order valence-electron chi connectivity index (χ0n) is 7.19. The van der Waals surface area contributed by atoms with Gasteiger partial charge in [0.2, 0.25) is 0 Å². The first-order chi connectivity index (χ1) is 6.16. The van der Waals surface area contributed by atoms with Gasteiger partial charge in [0.1, 0.15) is 11.9 Å². The lowest BCUT2D eigenvalue weighted by Gasteiger charge is -2.01. The van der Waals surface area contributed by atoms with Crippen molar-refractivity contribution in [1.82, 2.24) is 0 Å². The molecule has 1 heterocycles. The fourth-order valence-corrected chi connectivity index (χ4v) is 1.93. The van der Waals surface area contributed by atoms with E-state index in [0.717, 1.165) is 17.7 Å². The van der Waals surface area contributed by atoms with E-state index in [-0.39, 0.29) is 6.10 Å². The molecule has 3 nitrogen and oxygen atoms in total. The van der Waals surface area contributed by atoms with Gasteiger partial charge in [0, 0.05) is 6.42 Å². The van der Waals surface area contributed by atoms with Crippen LogP contribution in [0, 0.1) is 0 Å². The number of hydrogen-bond donors (Lipinski definition) is 1. The molecule has 0 radical (unpaired) electrons. The van der Waals surface area contributed by atoms with Crippen molar-refractivity contribution < 1.29 is 13.5 Å². The summed E-state index contributed by atoms with van der Waals surface area (Å²) < 4.78 is 25.1. The molecule has 0 spiro atoms. The van der Waals surface area contributed by atoms with Crippen LogP contribution in [0.5, 0.6) is 5.75 Å². The first kappa shape index (κ1) is 8.72. The third-order valence-corrected chi connectivity index (χ3v) is 2.73. The Kier molecular flexibility index (Phi) is 2.09. The molecule has 1 aliphatic heterocycles. The molecule has 1 aliphatic rings. The number of fused-ring (bicyclic) bond motifs is 1. The molecular formula is C9H10O3S. The molecule has 0 bridgehead atoms. The largest absolute Gasteiger partial charge is 0.490 e. The number of rotatable bonds is 1. The van der Waals surface area contributed by atoms with Crippen molar-refractivity contribution in [2.24, 2.45) is 0 Å². The second-order valence-corrected chi connectivity index (χ2v) is 4.12. The molecule has 2 unspecified atom stereocenters. The van der Waals surface area contributed by atoms with Gasteiger partial charge in [-0.1, -0.05) is 0 Å². The third kappa shape index (κ3) is 1.59. The van der Waals surface area contributed by atoms with Crippen LogP contribution in [0.1, 0.15) is 12.5 Å². The summed E-state index contributed by atoms with van der Waals surface area (Å²) in [5.41, 5.74) is 1.02. The predicted octanol–water partition coefficient (Wildman–Crippen LogP) is 1.59. The fourth-order valence-electron chi connectivity index (χ4n) is 1.51. The van der Waals surface area contributed by atoms with Crippen LogP contribution in [-0.2, 0) is 17.5 Å². The average molecular weight is 198 g/mol. The van der Waals surface area contributed by atoms with E-state index in [4.69, 9.17) is 9.29 Å². The SMILES string of the molecule is CC1Cc2cc(S(=O)O)ccc2O1. The van der Waals surface area contributed by atoms with E-state index >= 15 is 0 Å². The van der Waals surface area contributed by atoms with E-state index < -0.39 is 11.1 Å². The van der Waals surface area contributed by atoms with E-state index in [2.05, 4.69) is 0 Å². The highest BCUT2D eigenvalue weighted by molar-refractivity contribution is 7.79. The number of ether oxygens (including phenoxy) is 1. The highest BCUT2D eigenvalue weighted by Gasteiger charge is 2.19. The van der Waals surface area contributed by atoms with Crippen LogP contribution in [0.4, 0.5) is 0 Å². The van der Waals surface area contributed by atoms with Gasteiger partial charge >= 0.3 is 0 Å². The number of benzene rings is 1. The summed E-state index contributed by atoms with van der Waals surface area (Å²) in [6.45, 7) is 1.98. The van der Waals surface area contributed by atoms with E-state index in [1.54, 1.807) is 18.2 Å². The van der Waals surface area contributed by atoms with E-state index in [1.807, 2.05) is 6.92 Å².